The molecule has 1 spiro atoms. The van der Waals surface area contributed by atoms with Crippen LogP contribution in [0.25, 0.3) is 0 Å². The van der Waals surface area contributed by atoms with Crippen LogP contribution in [0, 0.1) is 28.6 Å². The number of carboxylic acid groups (broad SMARTS) is 1. The zero-order chi connectivity index (χ0) is 18.9. The van der Waals surface area contributed by atoms with Crippen LogP contribution in [0.2, 0.25) is 0 Å². The molecule has 0 aromatic rings. The van der Waals surface area contributed by atoms with Gasteiger partial charge in [0.15, 0.2) is 0 Å². The molecule has 4 N–H and O–H groups in total. The van der Waals surface area contributed by atoms with Gasteiger partial charge in [0.05, 0.1) is 29.1 Å². The van der Waals surface area contributed by atoms with Crippen molar-refractivity contribution in [2.75, 3.05) is 0 Å². The Labute approximate surface area is 150 Å². The molecule has 142 valence electrons. The van der Waals surface area contributed by atoms with Crippen LogP contribution in [-0.2, 0) is 14.3 Å². The summed E-state index contributed by atoms with van der Waals surface area (Å²) in [5.41, 5.74) is -3.95. The normalized spacial score (nSPS) is 59.8. The summed E-state index contributed by atoms with van der Waals surface area (Å²) < 4.78 is 5.82. The molecule has 4 aliphatic carbocycles. The Morgan fingerprint density at radius 2 is 2.00 bits per heavy atom. The van der Waals surface area contributed by atoms with Crippen molar-refractivity contribution in [1.82, 2.24) is 0 Å². The molecule has 4 saturated carbocycles. The fourth-order valence-electron chi connectivity index (χ4n) is 7.62. The first-order chi connectivity index (χ1) is 12.0. The van der Waals surface area contributed by atoms with E-state index in [0.717, 1.165) is 0 Å². The Bertz CT molecular complexity index is 763. The monoisotopic (exact) mass is 364 g/mol. The van der Waals surface area contributed by atoms with Crippen LogP contribution < -0.4 is 0 Å². The first-order valence-corrected chi connectivity index (χ1v) is 9.27. The van der Waals surface area contributed by atoms with Gasteiger partial charge in [0.1, 0.15) is 5.60 Å². The van der Waals surface area contributed by atoms with Crippen LogP contribution in [0.15, 0.2) is 12.2 Å². The number of carboxylic acids is 1. The van der Waals surface area contributed by atoms with Crippen molar-refractivity contribution in [2.45, 2.75) is 62.4 Å². The van der Waals surface area contributed by atoms with E-state index in [9.17, 15) is 30.0 Å². The Hall–Kier alpha value is -1.44. The van der Waals surface area contributed by atoms with E-state index in [2.05, 4.69) is 6.58 Å². The molecule has 1 heterocycles. The average molecular weight is 364 g/mol. The van der Waals surface area contributed by atoms with Gasteiger partial charge in [-0.25, -0.2) is 0 Å². The lowest BCUT2D eigenvalue weighted by molar-refractivity contribution is -0.180. The molecule has 4 bridgehead atoms. The van der Waals surface area contributed by atoms with E-state index >= 15 is 0 Å². The number of rotatable bonds is 1. The summed E-state index contributed by atoms with van der Waals surface area (Å²) in [6.45, 7) is 5.57. The topological polar surface area (TPSA) is 124 Å². The van der Waals surface area contributed by atoms with Crippen LogP contribution in [0.3, 0.4) is 0 Å². The maximum Gasteiger partial charge on any atom is 0.315 e. The van der Waals surface area contributed by atoms with Gasteiger partial charge >= 0.3 is 11.9 Å². The Morgan fingerprint density at radius 1 is 1.31 bits per heavy atom. The summed E-state index contributed by atoms with van der Waals surface area (Å²) in [6, 6.07) is 0. The van der Waals surface area contributed by atoms with Crippen molar-refractivity contribution in [3.8, 4) is 0 Å². The highest BCUT2D eigenvalue weighted by Crippen LogP contribution is 2.78. The zero-order valence-electron chi connectivity index (χ0n) is 14.6. The molecule has 26 heavy (non-hydrogen) atoms. The number of hydrogen-bond acceptors (Lipinski definition) is 6. The zero-order valence-corrected chi connectivity index (χ0v) is 14.6. The summed E-state index contributed by atoms with van der Waals surface area (Å²) in [5, 5.41) is 42.7. The number of aliphatic carboxylic acids is 1. The molecule has 0 aromatic carbocycles. The molecule has 7 nitrogen and oxygen atoms in total. The maximum atomic E-state index is 12.8. The second-order valence-corrected chi connectivity index (χ2v) is 9.40. The Kier molecular flexibility index (Phi) is 2.79. The lowest BCUT2D eigenvalue weighted by Crippen LogP contribution is -2.60. The fraction of sp³-hybridized carbons (Fsp3) is 0.789. The summed E-state index contributed by atoms with van der Waals surface area (Å²) >= 11 is 0. The second kappa shape index (κ2) is 4.34. The van der Waals surface area contributed by atoms with Crippen molar-refractivity contribution >= 4 is 11.9 Å². The minimum atomic E-state index is -1.36. The van der Waals surface area contributed by atoms with Crippen LogP contribution >= 0.6 is 0 Å². The summed E-state index contributed by atoms with van der Waals surface area (Å²) in [4.78, 5) is 25.2. The van der Waals surface area contributed by atoms with Gasteiger partial charge in [0.2, 0.25) is 0 Å². The van der Waals surface area contributed by atoms with Crippen molar-refractivity contribution in [3.63, 3.8) is 0 Å². The molecular weight excluding hydrogens is 340 g/mol. The van der Waals surface area contributed by atoms with E-state index in [1.807, 2.05) is 0 Å². The molecule has 1 aliphatic heterocycles. The van der Waals surface area contributed by atoms with E-state index in [1.54, 1.807) is 6.92 Å². The van der Waals surface area contributed by atoms with Gasteiger partial charge in [0, 0.05) is 18.3 Å². The van der Waals surface area contributed by atoms with E-state index in [1.165, 1.54) is 0 Å². The van der Waals surface area contributed by atoms with Crippen LogP contribution in [-0.4, -0.2) is 55.8 Å². The third-order valence-corrected chi connectivity index (χ3v) is 8.63. The quantitative estimate of drug-likeness (QED) is 0.388. The lowest BCUT2D eigenvalue weighted by atomic mass is 9.58. The van der Waals surface area contributed by atoms with E-state index in [-0.39, 0.29) is 18.8 Å². The molecule has 9 atom stereocenters. The number of carbonyl (C=O) groups is 2. The highest BCUT2D eigenvalue weighted by molar-refractivity contribution is 5.85. The standard InChI is InChI=1S/C19H24O7/c1-8-6-17-7-18(8,25)4-3-9(17)19-11(21)5-10(20)16(2,15(24)26-19)13(19)12(17)14(22)23/h9-13,20-21,25H,1,3-7H2,2H3,(H,22,23). The number of hydrogen-bond donors (Lipinski definition) is 4. The highest BCUT2D eigenvalue weighted by Gasteiger charge is 2.86. The molecule has 5 rings (SSSR count). The average Bonchev–Trinajstić information content (AvgIpc) is 2.98. The largest absolute Gasteiger partial charge is 0.481 e. The van der Waals surface area contributed by atoms with Gasteiger partial charge < -0.3 is 25.2 Å². The van der Waals surface area contributed by atoms with E-state index < -0.39 is 58.0 Å². The Balaban J connectivity index is 1.79. The molecule has 5 aliphatic rings. The number of esters is 1. The first-order valence-electron chi connectivity index (χ1n) is 9.27. The summed E-state index contributed by atoms with van der Waals surface area (Å²) in [7, 11) is 0. The molecule has 0 radical (unpaired) electrons. The first kappa shape index (κ1) is 16.7. The van der Waals surface area contributed by atoms with Gasteiger partial charge in [-0.1, -0.05) is 6.58 Å². The van der Waals surface area contributed by atoms with Crippen molar-refractivity contribution < 1.29 is 34.8 Å². The summed E-state index contributed by atoms with van der Waals surface area (Å²) in [6.07, 6.45) is -0.798. The van der Waals surface area contributed by atoms with Crippen LogP contribution in [0.1, 0.15) is 39.0 Å². The highest BCUT2D eigenvalue weighted by atomic mass is 16.6. The predicted molar refractivity (Wildman–Crippen MR) is 86.7 cm³/mol. The third kappa shape index (κ3) is 1.40. The van der Waals surface area contributed by atoms with Crippen molar-refractivity contribution in [3.05, 3.63) is 12.2 Å². The molecule has 1 saturated heterocycles. The van der Waals surface area contributed by atoms with Crippen molar-refractivity contribution in [2.24, 2.45) is 28.6 Å². The number of ether oxygens (including phenoxy) is 1. The minimum Gasteiger partial charge on any atom is -0.481 e. The SMILES string of the molecule is C=C1CC23CC1(O)CCC2C12OC(=O)C(C)(C(O)CC1O)C2C3C(=O)O. The molecule has 0 amide bonds. The maximum absolute atomic E-state index is 12.8. The predicted octanol–water partition coefficient (Wildman–Crippen LogP) is 0.222. The number of carbonyl (C=O) groups excluding carboxylic acids is 1. The molecule has 0 aromatic heterocycles. The smallest absolute Gasteiger partial charge is 0.315 e. The van der Waals surface area contributed by atoms with Gasteiger partial charge in [-0.15, -0.1) is 0 Å². The second-order valence-electron chi connectivity index (χ2n) is 9.40. The molecule has 9 unspecified atom stereocenters. The van der Waals surface area contributed by atoms with Gasteiger partial charge in [-0.05, 0) is 43.6 Å². The fourth-order valence-corrected chi connectivity index (χ4v) is 7.62. The van der Waals surface area contributed by atoms with E-state index in [0.29, 0.717) is 24.8 Å². The molecule has 5 fully saturated rings. The minimum absolute atomic E-state index is 0.0110. The van der Waals surface area contributed by atoms with Crippen LogP contribution in [0.5, 0.6) is 0 Å². The Morgan fingerprint density at radius 3 is 2.65 bits per heavy atom. The molecular formula is C19H24O7. The number of aliphatic hydroxyl groups excluding tert-OH is 2. The van der Waals surface area contributed by atoms with Gasteiger partial charge in [-0.3, -0.25) is 9.59 Å². The van der Waals surface area contributed by atoms with Crippen LogP contribution in [0.4, 0.5) is 0 Å². The summed E-state index contributed by atoms with van der Waals surface area (Å²) in [5.74, 6) is -3.86. The number of fused-ring (bicyclic) bond motifs is 1. The van der Waals surface area contributed by atoms with Gasteiger partial charge in [0.25, 0.3) is 0 Å². The third-order valence-electron chi connectivity index (χ3n) is 8.63. The van der Waals surface area contributed by atoms with Gasteiger partial charge in [-0.2, -0.15) is 0 Å². The number of aliphatic hydroxyl groups is 3. The van der Waals surface area contributed by atoms with Crippen molar-refractivity contribution in [1.29, 1.82) is 0 Å². The lowest BCUT2D eigenvalue weighted by Gasteiger charge is -2.48. The van der Waals surface area contributed by atoms with E-state index in [4.69, 9.17) is 4.74 Å². The molecule has 7 heteroatoms.